The molecule has 74 valence electrons. The minimum Gasteiger partial charge on any atom is -0.0855 e. The van der Waals surface area contributed by atoms with Gasteiger partial charge in [0.1, 0.15) is 0 Å². The van der Waals surface area contributed by atoms with Crippen molar-refractivity contribution in [2.24, 2.45) is 0 Å². The summed E-state index contributed by atoms with van der Waals surface area (Å²) in [5.41, 5.74) is 3.24. The van der Waals surface area contributed by atoms with Crippen molar-refractivity contribution in [3.05, 3.63) is 35.4 Å². The third-order valence-electron chi connectivity index (χ3n) is 2.60. The Balaban J connectivity index is 2.57. The Morgan fingerprint density at radius 1 is 1.21 bits per heavy atom. The zero-order chi connectivity index (χ0) is 10.2. The standard InChI is InChI=1S/C13H17P/c1-13(2,3)11-8-4-6-10-7-5-9-14-12(10)11/h4-8,14H,9H2,1-3H3. The molecule has 0 aromatic heterocycles. The predicted molar refractivity (Wildman–Crippen MR) is 67.0 cm³/mol. The Kier molecular flexibility index (Phi) is 2.49. The van der Waals surface area contributed by atoms with Crippen LogP contribution >= 0.6 is 8.58 Å². The van der Waals surface area contributed by atoms with Crippen LogP contribution in [0.2, 0.25) is 0 Å². The molecular formula is C13H17P. The van der Waals surface area contributed by atoms with Gasteiger partial charge in [0.25, 0.3) is 0 Å². The molecule has 0 fully saturated rings. The van der Waals surface area contributed by atoms with E-state index in [4.69, 9.17) is 0 Å². The van der Waals surface area contributed by atoms with Gasteiger partial charge in [0.05, 0.1) is 0 Å². The first-order valence-corrected chi connectivity index (χ1v) is 6.33. The van der Waals surface area contributed by atoms with E-state index < -0.39 is 0 Å². The van der Waals surface area contributed by atoms with Gasteiger partial charge >= 0.3 is 0 Å². The molecule has 1 aliphatic heterocycles. The lowest BCUT2D eigenvalue weighted by atomic mass is 9.86. The molecule has 0 saturated carbocycles. The fraction of sp³-hybridized carbons (Fsp3) is 0.385. The van der Waals surface area contributed by atoms with Gasteiger partial charge < -0.3 is 0 Å². The van der Waals surface area contributed by atoms with E-state index in [1.54, 1.807) is 5.30 Å². The van der Waals surface area contributed by atoms with E-state index in [0.717, 1.165) is 8.58 Å². The highest BCUT2D eigenvalue weighted by molar-refractivity contribution is 7.47. The van der Waals surface area contributed by atoms with E-state index in [1.165, 1.54) is 17.3 Å². The largest absolute Gasteiger partial charge is 0.0855 e. The molecule has 2 rings (SSSR count). The Bertz CT molecular complexity index is 369. The molecule has 0 radical (unpaired) electrons. The first kappa shape index (κ1) is 9.93. The molecule has 1 aromatic carbocycles. The molecule has 1 heteroatoms. The van der Waals surface area contributed by atoms with Gasteiger partial charge in [-0.05, 0) is 28.0 Å². The number of fused-ring (bicyclic) bond motifs is 1. The van der Waals surface area contributed by atoms with Crippen molar-refractivity contribution in [1.29, 1.82) is 0 Å². The molecule has 1 aromatic rings. The maximum atomic E-state index is 2.30. The fourth-order valence-electron chi connectivity index (χ4n) is 1.88. The maximum absolute atomic E-state index is 2.30. The smallest absolute Gasteiger partial charge is 0.0125 e. The third kappa shape index (κ3) is 1.77. The summed E-state index contributed by atoms with van der Waals surface area (Å²) < 4.78 is 0. The van der Waals surface area contributed by atoms with E-state index in [-0.39, 0.29) is 5.41 Å². The van der Waals surface area contributed by atoms with Crippen LogP contribution in [0.1, 0.15) is 31.9 Å². The molecule has 1 atom stereocenters. The molecule has 1 heterocycles. The summed E-state index contributed by atoms with van der Waals surface area (Å²) in [4.78, 5) is 0. The SMILES string of the molecule is CC(C)(C)c1cccc2c1PCC=C2. The van der Waals surface area contributed by atoms with Crippen molar-refractivity contribution in [3.63, 3.8) is 0 Å². The molecule has 0 nitrogen and oxygen atoms in total. The van der Waals surface area contributed by atoms with Crippen LogP contribution < -0.4 is 5.30 Å². The fourth-order valence-corrected chi connectivity index (χ4v) is 3.34. The Labute approximate surface area is 88.2 Å². The van der Waals surface area contributed by atoms with E-state index in [0.29, 0.717) is 0 Å². The van der Waals surface area contributed by atoms with Crippen molar-refractivity contribution in [2.45, 2.75) is 26.2 Å². The van der Waals surface area contributed by atoms with Crippen molar-refractivity contribution in [1.82, 2.24) is 0 Å². The van der Waals surface area contributed by atoms with Crippen molar-refractivity contribution in [3.8, 4) is 0 Å². The topological polar surface area (TPSA) is 0 Å². The van der Waals surface area contributed by atoms with Crippen LogP contribution in [0.15, 0.2) is 24.3 Å². The molecule has 0 amide bonds. The average molecular weight is 204 g/mol. The summed E-state index contributed by atoms with van der Waals surface area (Å²) in [6.07, 6.45) is 5.77. The normalized spacial score (nSPS) is 17.1. The quantitative estimate of drug-likeness (QED) is 0.569. The van der Waals surface area contributed by atoms with Crippen LogP contribution in [0.25, 0.3) is 6.08 Å². The van der Waals surface area contributed by atoms with Gasteiger partial charge in [0.15, 0.2) is 0 Å². The van der Waals surface area contributed by atoms with Crippen LogP contribution in [0.5, 0.6) is 0 Å². The lowest BCUT2D eigenvalue weighted by Gasteiger charge is -2.25. The van der Waals surface area contributed by atoms with E-state index >= 15 is 0 Å². The maximum Gasteiger partial charge on any atom is -0.0125 e. The molecule has 1 unspecified atom stereocenters. The molecule has 0 saturated heterocycles. The summed E-state index contributed by atoms with van der Waals surface area (Å²) in [5.74, 6) is 0. The van der Waals surface area contributed by atoms with Crippen molar-refractivity contribution in [2.75, 3.05) is 6.16 Å². The second kappa shape index (κ2) is 3.51. The highest BCUT2D eigenvalue weighted by Gasteiger charge is 2.19. The first-order chi connectivity index (χ1) is 6.59. The number of hydrogen-bond acceptors (Lipinski definition) is 0. The highest BCUT2D eigenvalue weighted by Crippen LogP contribution is 2.29. The minimum atomic E-state index is 0.281. The predicted octanol–water partition coefficient (Wildman–Crippen LogP) is 3.31. The van der Waals surface area contributed by atoms with Crippen LogP contribution in [0.4, 0.5) is 0 Å². The van der Waals surface area contributed by atoms with Gasteiger partial charge in [-0.2, -0.15) is 0 Å². The Morgan fingerprint density at radius 3 is 2.71 bits per heavy atom. The summed E-state index contributed by atoms with van der Waals surface area (Å²) in [7, 11) is 0.958. The highest BCUT2D eigenvalue weighted by atomic mass is 31.1. The number of benzene rings is 1. The van der Waals surface area contributed by atoms with Crippen LogP contribution in [-0.2, 0) is 5.41 Å². The number of hydrogen-bond donors (Lipinski definition) is 0. The molecule has 0 N–H and O–H groups in total. The van der Waals surface area contributed by atoms with Gasteiger partial charge in [-0.3, -0.25) is 0 Å². The summed E-state index contributed by atoms with van der Waals surface area (Å²) in [5, 5.41) is 1.59. The molecule has 1 aliphatic rings. The molecule has 14 heavy (non-hydrogen) atoms. The molecule has 0 spiro atoms. The minimum absolute atomic E-state index is 0.281. The average Bonchev–Trinajstić information content (AvgIpc) is 2.15. The van der Waals surface area contributed by atoms with Gasteiger partial charge in [-0.15, -0.1) is 0 Å². The van der Waals surface area contributed by atoms with Crippen LogP contribution in [-0.4, -0.2) is 6.16 Å². The molecule has 0 aliphatic carbocycles. The van der Waals surface area contributed by atoms with Crippen LogP contribution in [0.3, 0.4) is 0 Å². The van der Waals surface area contributed by atoms with E-state index in [1.807, 2.05) is 0 Å². The molecule has 0 bridgehead atoms. The second-order valence-electron chi connectivity index (χ2n) is 4.80. The van der Waals surface area contributed by atoms with Gasteiger partial charge in [0.2, 0.25) is 0 Å². The lowest BCUT2D eigenvalue weighted by Crippen LogP contribution is -2.22. The summed E-state index contributed by atoms with van der Waals surface area (Å²) in [6, 6.07) is 6.69. The van der Waals surface area contributed by atoms with Gasteiger partial charge in [-0.1, -0.05) is 59.7 Å². The van der Waals surface area contributed by atoms with E-state index in [2.05, 4.69) is 51.1 Å². The zero-order valence-electron chi connectivity index (χ0n) is 9.09. The zero-order valence-corrected chi connectivity index (χ0v) is 10.1. The van der Waals surface area contributed by atoms with Crippen molar-refractivity contribution < 1.29 is 0 Å². The monoisotopic (exact) mass is 204 g/mol. The van der Waals surface area contributed by atoms with E-state index in [9.17, 15) is 0 Å². The van der Waals surface area contributed by atoms with Gasteiger partial charge in [0, 0.05) is 0 Å². The van der Waals surface area contributed by atoms with Crippen LogP contribution in [0, 0.1) is 0 Å². The summed E-state index contributed by atoms with van der Waals surface area (Å²) in [6.45, 7) is 6.89. The first-order valence-electron chi connectivity index (χ1n) is 5.13. The van der Waals surface area contributed by atoms with Crippen molar-refractivity contribution >= 4 is 20.0 Å². The second-order valence-corrected chi connectivity index (χ2v) is 6.06. The lowest BCUT2D eigenvalue weighted by molar-refractivity contribution is 0.594. The number of allylic oxidation sites excluding steroid dienone is 1. The number of rotatable bonds is 0. The molecular weight excluding hydrogens is 187 g/mol. The Morgan fingerprint density at radius 2 is 2.00 bits per heavy atom. The third-order valence-corrected chi connectivity index (χ3v) is 3.95. The Hall–Kier alpha value is -0.610. The summed E-state index contributed by atoms with van der Waals surface area (Å²) >= 11 is 0. The van der Waals surface area contributed by atoms with Gasteiger partial charge in [-0.25, -0.2) is 0 Å².